The van der Waals surface area contributed by atoms with Gasteiger partial charge in [-0.05, 0) is 20.8 Å². The van der Waals surface area contributed by atoms with Crippen LogP contribution in [0.4, 0.5) is 4.79 Å². The highest BCUT2D eigenvalue weighted by Gasteiger charge is 2.23. The fraction of sp³-hybridized carbons (Fsp3) is 0.667. The summed E-state index contributed by atoms with van der Waals surface area (Å²) in [6.45, 7) is 4.99. The zero-order chi connectivity index (χ0) is 12.8. The standard InChI is InChI=1S/C9H16N2O5/c1-9(2,3)16-8(14)11-6(7(12)13)4-5-10-15/h5-6,15H,4H2,1-3H3,(H,11,14)(H,12,13)/b10-5+/t6-/m0/s1. The molecule has 0 aliphatic carbocycles. The van der Waals surface area contributed by atoms with Crippen molar-refractivity contribution < 1.29 is 24.6 Å². The molecular weight excluding hydrogens is 216 g/mol. The molecule has 0 bridgehead atoms. The molecule has 92 valence electrons. The molecule has 0 aliphatic heterocycles. The number of ether oxygens (including phenoxy) is 1. The van der Waals surface area contributed by atoms with E-state index in [0.29, 0.717) is 0 Å². The molecule has 0 radical (unpaired) electrons. The van der Waals surface area contributed by atoms with Crippen LogP contribution in [0.15, 0.2) is 5.16 Å². The van der Waals surface area contributed by atoms with Gasteiger partial charge in [-0.15, -0.1) is 5.16 Å². The Labute approximate surface area is 93.1 Å². The molecule has 0 aliphatic rings. The Morgan fingerprint density at radius 1 is 1.50 bits per heavy atom. The minimum atomic E-state index is -1.23. The average Bonchev–Trinajstić information content (AvgIpc) is 2.08. The fourth-order valence-corrected chi connectivity index (χ4v) is 0.824. The smallest absolute Gasteiger partial charge is 0.408 e. The predicted octanol–water partition coefficient (Wildman–Crippen LogP) is 0.814. The van der Waals surface area contributed by atoms with Crippen molar-refractivity contribution in [1.29, 1.82) is 0 Å². The van der Waals surface area contributed by atoms with Gasteiger partial charge in [-0.1, -0.05) is 0 Å². The van der Waals surface area contributed by atoms with E-state index >= 15 is 0 Å². The maximum absolute atomic E-state index is 11.2. The number of rotatable bonds is 4. The minimum absolute atomic E-state index is 0.120. The second-order valence-corrected chi connectivity index (χ2v) is 4.07. The van der Waals surface area contributed by atoms with Crippen LogP contribution in [0.5, 0.6) is 0 Å². The van der Waals surface area contributed by atoms with Gasteiger partial charge in [-0.2, -0.15) is 0 Å². The third kappa shape index (κ3) is 6.63. The number of aliphatic carboxylic acids is 1. The summed E-state index contributed by atoms with van der Waals surface area (Å²) in [4.78, 5) is 21.9. The molecule has 1 atom stereocenters. The molecule has 3 N–H and O–H groups in total. The molecular formula is C9H16N2O5. The van der Waals surface area contributed by atoms with E-state index in [4.69, 9.17) is 15.1 Å². The number of hydrogen-bond donors (Lipinski definition) is 3. The number of nitrogens with zero attached hydrogens (tertiary/aromatic N) is 1. The second kappa shape index (κ2) is 5.94. The molecule has 0 aromatic carbocycles. The van der Waals surface area contributed by atoms with Crippen LogP contribution in [0.2, 0.25) is 0 Å². The van der Waals surface area contributed by atoms with Crippen molar-refractivity contribution >= 4 is 18.3 Å². The van der Waals surface area contributed by atoms with Gasteiger partial charge in [-0.3, -0.25) is 0 Å². The van der Waals surface area contributed by atoms with E-state index in [0.717, 1.165) is 6.21 Å². The number of carboxylic acid groups (broad SMARTS) is 1. The summed E-state index contributed by atoms with van der Waals surface area (Å²) in [5, 5.41) is 21.7. The fourth-order valence-electron chi connectivity index (χ4n) is 0.824. The zero-order valence-electron chi connectivity index (χ0n) is 9.43. The minimum Gasteiger partial charge on any atom is -0.480 e. The SMILES string of the molecule is CC(C)(C)OC(=O)N[C@@H](C/C=N/O)C(=O)O. The lowest BCUT2D eigenvalue weighted by Gasteiger charge is -2.21. The molecule has 1 amide bonds. The number of carbonyl (C=O) groups excluding carboxylic acids is 1. The lowest BCUT2D eigenvalue weighted by Crippen LogP contribution is -2.43. The topological polar surface area (TPSA) is 108 Å². The van der Waals surface area contributed by atoms with E-state index < -0.39 is 23.7 Å². The normalized spacial score (nSPS) is 13.4. The van der Waals surface area contributed by atoms with Gasteiger partial charge >= 0.3 is 12.1 Å². The second-order valence-electron chi connectivity index (χ2n) is 4.07. The highest BCUT2D eigenvalue weighted by molar-refractivity contribution is 5.82. The van der Waals surface area contributed by atoms with Gasteiger partial charge in [0.2, 0.25) is 0 Å². The van der Waals surface area contributed by atoms with Gasteiger partial charge in [0, 0.05) is 12.6 Å². The Morgan fingerprint density at radius 3 is 2.44 bits per heavy atom. The van der Waals surface area contributed by atoms with E-state index in [9.17, 15) is 9.59 Å². The van der Waals surface area contributed by atoms with Crippen molar-refractivity contribution in [3.8, 4) is 0 Å². The lowest BCUT2D eigenvalue weighted by molar-refractivity contribution is -0.139. The van der Waals surface area contributed by atoms with Crippen molar-refractivity contribution in [1.82, 2.24) is 5.32 Å². The largest absolute Gasteiger partial charge is 0.480 e. The van der Waals surface area contributed by atoms with E-state index in [1.54, 1.807) is 20.8 Å². The summed E-state index contributed by atoms with van der Waals surface area (Å²) in [6.07, 6.45) is 0.0348. The van der Waals surface area contributed by atoms with Gasteiger partial charge in [0.25, 0.3) is 0 Å². The summed E-state index contributed by atoms with van der Waals surface area (Å²) in [5.41, 5.74) is -0.696. The van der Waals surface area contributed by atoms with Crippen molar-refractivity contribution in [3.63, 3.8) is 0 Å². The third-order valence-corrected chi connectivity index (χ3v) is 1.41. The van der Waals surface area contributed by atoms with E-state index in [1.807, 2.05) is 0 Å². The summed E-state index contributed by atoms with van der Waals surface area (Å²) in [5.74, 6) is -1.23. The van der Waals surface area contributed by atoms with Crippen molar-refractivity contribution in [2.75, 3.05) is 0 Å². The van der Waals surface area contributed by atoms with Crippen molar-refractivity contribution in [2.24, 2.45) is 5.16 Å². The first-order chi connectivity index (χ1) is 7.26. The summed E-state index contributed by atoms with van der Waals surface area (Å²) in [7, 11) is 0. The molecule has 7 nitrogen and oxygen atoms in total. The van der Waals surface area contributed by atoms with Crippen molar-refractivity contribution in [2.45, 2.75) is 38.8 Å². The van der Waals surface area contributed by atoms with Crippen LogP contribution in [-0.2, 0) is 9.53 Å². The molecule has 0 saturated heterocycles. The first kappa shape index (κ1) is 14.2. The molecule has 0 spiro atoms. The van der Waals surface area contributed by atoms with Crippen LogP contribution in [-0.4, -0.2) is 40.2 Å². The first-order valence-corrected chi connectivity index (χ1v) is 4.64. The molecule has 0 rings (SSSR count). The highest BCUT2D eigenvalue weighted by atomic mass is 16.6. The number of oxime groups is 1. The molecule has 0 fully saturated rings. The predicted molar refractivity (Wildman–Crippen MR) is 55.7 cm³/mol. The van der Waals surface area contributed by atoms with Gasteiger partial charge < -0.3 is 20.4 Å². The van der Waals surface area contributed by atoms with Crippen LogP contribution >= 0.6 is 0 Å². The monoisotopic (exact) mass is 232 g/mol. The lowest BCUT2D eigenvalue weighted by atomic mass is 10.2. The van der Waals surface area contributed by atoms with E-state index in [2.05, 4.69) is 10.5 Å². The van der Waals surface area contributed by atoms with Gasteiger partial charge in [0.05, 0.1) is 0 Å². The molecule has 0 heterocycles. The van der Waals surface area contributed by atoms with Gasteiger partial charge in [0.1, 0.15) is 11.6 Å². The third-order valence-electron chi connectivity index (χ3n) is 1.41. The first-order valence-electron chi connectivity index (χ1n) is 4.64. The van der Waals surface area contributed by atoms with Crippen molar-refractivity contribution in [3.05, 3.63) is 0 Å². The average molecular weight is 232 g/mol. The molecule has 0 saturated carbocycles. The molecule has 0 unspecified atom stereocenters. The van der Waals surface area contributed by atoms with Gasteiger partial charge in [-0.25, -0.2) is 9.59 Å². The maximum Gasteiger partial charge on any atom is 0.408 e. The Balaban J connectivity index is 4.29. The molecule has 0 aromatic heterocycles. The van der Waals surface area contributed by atoms with Crippen LogP contribution in [0.3, 0.4) is 0 Å². The number of alkyl carbamates (subject to hydrolysis) is 1. The number of carbonyl (C=O) groups is 2. The van der Waals surface area contributed by atoms with E-state index in [-0.39, 0.29) is 6.42 Å². The van der Waals surface area contributed by atoms with Crippen LogP contribution in [0.25, 0.3) is 0 Å². The molecule has 16 heavy (non-hydrogen) atoms. The highest BCUT2D eigenvalue weighted by Crippen LogP contribution is 2.07. The molecule has 0 aromatic rings. The summed E-state index contributed by atoms with van der Waals surface area (Å²) in [6, 6.07) is -1.18. The number of hydrogen-bond acceptors (Lipinski definition) is 5. The number of amides is 1. The van der Waals surface area contributed by atoms with Gasteiger partial charge in [0.15, 0.2) is 0 Å². The van der Waals surface area contributed by atoms with Crippen LogP contribution in [0, 0.1) is 0 Å². The summed E-state index contributed by atoms with van der Waals surface area (Å²) >= 11 is 0. The van der Waals surface area contributed by atoms with E-state index in [1.165, 1.54) is 0 Å². The number of nitrogens with one attached hydrogen (secondary N) is 1. The Bertz CT molecular complexity index is 282. The van der Waals surface area contributed by atoms with Crippen LogP contribution in [0.1, 0.15) is 27.2 Å². The zero-order valence-corrected chi connectivity index (χ0v) is 9.43. The maximum atomic E-state index is 11.2. The number of carboxylic acids is 1. The van der Waals surface area contributed by atoms with Crippen LogP contribution < -0.4 is 5.32 Å². The Morgan fingerprint density at radius 2 is 2.06 bits per heavy atom. The Hall–Kier alpha value is -1.79. The Kier molecular flexibility index (Phi) is 5.27. The molecule has 7 heteroatoms. The summed E-state index contributed by atoms with van der Waals surface area (Å²) < 4.78 is 4.88. The quantitative estimate of drug-likeness (QED) is 0.377.